The molecule has 0 saturated carbocycles. The van der Waals surface area contributed by atoms with Gasteiger partial charge in [0.1, 0.15) is 0 Å². The molecule has 6 unspecified atom stereocenters. The molecular formula is C48H44N2. The lowest BCUT2D eigenvalue weighted by atomic mass is 9.79. The topological polar surface area (TPSA) is 8.17 Å². The number of rotatable bonds is 5. The zero-order chi connectivity index (χ0) is 33.0. The molecule has 10 rings (SSSR count). The molecule has 0 spiro atoms. The van der Waals surface area contributed by atoms with E-state index in [4.69, 9.17) is 0 Å². The minimum Gasteiger partial charge on any atom is -0.330 e. The summed E-state index contributed by atoms with van der Waals surface area (Å²) in [6.07, 6.45) is 42.1. The highest BCUT2D eigenvalue weighted by Crippen LogP contribution is 2.50. The number of fused-ring (bicyclic) bond motifs is 5. The largest absolute Gasteiger partial charge is 0.330 e. The Bertz CT molecular complexity index is 2220. The summed E-state index contributed by atoms with van der Waals surface area (Å²) in [5.41, 5.74) is 12.7. The van der Waals surface area contributed by atoms with E-state index in [2.05, 4.69) is 155 Å². The summed E-state index contributed by atoms with van der Waals surface area (Å²) in [4.78, 5) is 2.65. The van der Waals surface area contributed by atoms with Gasteiger partial charge in [0.05, 0.1) is 17.3 Å². The molecule has 50 heavy (non-hydrogen) atoms. The number of benzene rings is 2. The normalized spacial score (nSPS) is 29.0. The van der Waals surface area contributed by atoms with Gasteiger partial charge < -0.3 is 9.47 Å². The highest BCUT2D eigenvalue weighted by Gasteiger charge is 2.44. The van der Waals surface area contributed by atoms with Gasteiger partial charge in [0.2, 0.25) is 0 Å². The van der Waals surface area contributed by atoms with Crippen LogP contribution in [0.1, 0.15) is 67.7 Å². The second-order valence-electron chi connectivity index (χ2n) is 15.1. The zero-order valence-electron chi connectivity index (χ0n) is 28.7. The summed E-state index contributed by atoms with van der Waals surface area (Å²) < 4.78 is 2.57. The summed E-state index contributed by atoms with van der Waals surface area (Å²) in [6, 6.07) is 18.7. The molecule has 7 aliphatic rings. The van der Waals surface area contributed by atoms with Crippen molar-refractivity contribution in [3.8, 4) is 17.5 Å². The molecule has 0 bridgehead atoms. The van der Waals surface area contributed by atoms with Crippen molar-refractivity contribution in [3.63, 3.8) is 0 Å². The van der Waals surface area contributed by atoms with Crippen LogP contribution < -0.4 is 0 Å². The Hall–Kier alpha value is -5.00. The number of allylic oxidation sites excluding steroid dienone is 13. The number of aromatic nitrogens is 1. The van der Waals surface area contributed by atoms with Crippen molar-refractivity contribution in [2.45, 2.75) is 63.3 Å². The predicted molar refractivity (Wildman–Crippen MR) is 207 cm³/mol. The standard InChI is InChI=1S/C48H44N2/c1-3-13-33(14-4-1)35-25-28-38(29-26-35)50-46-24-10-7-19-41(46)43-22-12-21-40(48(43)50)37-27-30-47-44(32-37)42-20-8-9-23-45(42)49(47)39-18-11-17-36(31-39)34-15-5-2-6-16-34/h1,3-5,7-13,15,17-20,22-24,28,31-35,40-41,46H,2,6,14,16,21,25,27,30H2. The predicted octanol–water partition coefficient (Wildman–Crippen LogP) is 11.1. The van der Waals surface area contributed by atoms with E-state index in [1.807, 2.05) is 0 Å². The first-order valence-electron chi connectivity index (χ1n) is 19.0. The molecule has 246 valence electrons. The molecule has 2 aromatic carbocycles. The molecule has 2 heterocycles. The minimum absolute atomic E-state index is 0.290. The molecule has 0 radical (unpaired) electrons. The Balaban J connectivity index is 1.04. The fraction of sp³-hybridized carbons (Fsp3) is 0.292. The van der Waals surface area contributed by atoms with Gasteiger partial charge in [-0.25, -0.2) is 0 Å². The van der Waals surface area contributed by atoms with Gasteiger partial charge in [-0.2, -0.15) is 0 Å². The van der Waals surface area contributed by atoms with Crippen LogP contribution in [0.25, 0.3) is 22.7 Å². The summed E-state index contributed by atoms with van der Waals surface area (Å²) in [6.45, 7) is 0. The molecule has 6 aliphatic carbocycles. The Morgan fingerprint density at radius 3 is 2.62 bits per heavy atom. The van der Waals surface area contributed by atoms with E-state index in [0.717, 1.165) is 32.1 Å². The van der Waals surface area contributed by atoms with Crippen LogP contribution in [-0.2, 0) is 6.42 Å². The summed E-state index contributed by atoms with van der Waals surface area (Å²) in [5, 5.41) is 1.37. The van der Waals surface area contributed by atoms with Crippen molar-refractivity contribution in [3.05, 3.63) is 167 Å². The lowest BCUT2D eigenvalue weighted by Crippen LogP contribution is -2.35. The Morgan fingerprint density at radius 2 is 1.74 bits per heavy atom. The van der Waals surface area contributed by atoms with Crippen LogP contribution in [0.15, 0.2) is 150 Å². The molecular weight excluding hydrogens is 605 g/mol. The third-order valence-electron chi connectivity index (χ3n) is 12.3. The van der Waals surface area contributed by atoms with Crippen LogP contribution in [-0.4, -0.2) is 15.5 Å². The maximum Gasteiger partial charge on any atom is 0.0887 e. The first-order chi connectivity index (χ1) is 24.8. The van der Waals surface area contributed by atoms with Gasteiger partial charge in [-0.1, -0.05) is 127 Å². The van der Waals surface area contributed by atoms with Crippen molar-refractivity contribution in [2.75, 3.05) is 0 Å². The summed E-state index contributed by atoms with van der Waals surface area (Å²) >= 11 is 0. The third-order valence-corrected chi connectivity index (χ3v) is 12.3. The fourth-order valence-corrected chi connectivity index (χ4v) is 9.88. The van der Waals surface area contributed by atoms with E-state index in [-0.39, 0.29) is 6.04 Å². The van der Waals surface area contributed by atoms with Gasteiger partial charge >= 0.3 is 0 Å². The van der Waals surface area contributed by atoms with Gasteiger partial charge in [-0.05, 0) is 92.5 Å². The van der Waals surface area contributed by atoms with Crippen molar-refractivity contribution >= 4 is 17.0 Å². The molecule has 0 N–H and O–H groups in total. The van der Waals surface area contributed by atoms with Gasteiger partial charge in [-0.15, -0.1) is 0 Å². The number of hydrogen-bond acceptors (Lipinski definition) is 1. The fourth-order valence-electron chi connectivity index (χ4n) is 9.88. The maximum atomic E-state index is 3.73. The average Bonchev–Trinajstić information content (AvgIpc) is 3.71. The van der Waals surface area contributed by atoms with E-state index in [1.165, 1.54) is 69.6 Å². The lowest BCUT2D eigenvalue weighted by molar-refractivity contribution is 0.343. The number of nitrogens with zero attached hydrogens (tertiary/aromatic N) is 2. The first kappa shape index (κ1) is 29.9. The average molecular weight is 649 g/mol. The molecule has 2 heteroatoms. The van der Waals surface area contributed by atoms with Crippen LogP contribution in [0.2, 0.25) is 0 Å². The second kappa shape index (κ2) is 12.4. The molecule has 3 aromatic rings. The highest BCUT2D eigenvalue weighted by atomic mass is 15.2. The molecule has 1 aromatic heterocycles. The Labute approximate surface area is 297 Å². The summed E-state index contributed by atoms with van der Waals surface area (Å²) in [5.74, 6) is 9.61. The number of para-hydroxylation sites is 1. The SMILES string of the molecule is C1#CC(C2C=CC=CC2)CC=C1N1C2=C(C=CCC2C2=Cc3c(n(-c4cccc(C5C=CCCC5)c4)c4ccccc34)CC2)C2C=CC=CC21. The maximum absolute atomic E-state index is 3.73. The van der Waals surface area contributed by atoms with Crippen molar-refractivity contribution in [1.82, 2.24) is 9.47 Å². The Morgan fingerprint density at radius 1 is 0.800 bits per heavy atom. The lowest BCUT2D eigenvalue weighted by Gasteiger charge is -2.36. The van der Waals surface area contributed by atoms with E-state index >= 15 is 0 Å². The van der Waals surface area contributed by atoms with Crippen LogP contribution in [0.5, 0.6) is 0 Å². The molecule has 0 amide bonds. The molecule has 6 atom stereocenters. The van der Waals surface area contributed by atoms with E-state index < -0.39 is 0 Å². The zero-order valence-corrected chi connectivity index (χ0v) is 28.7. The van der Waals surface area contributed by atoms with Crippen LogP contribution >= 0.6 is 0 Å². The van der Waals surface area contributed by atoms with Crippen LogP contribution in [0.3, 0.4) is 0 Å². The Kier molecular flexibility index (Phi) is 7.41. The minimum atomic E-state index is 0.290. The van der Waals surface area contributed by atoms with Crippen molar-refractivity contribution in [2.24, 2.45) is 23.7 Å². The van der Waals surface area contributed by atoms with Crippen molar-refractivity contribution < 1.29 is 0 Å². The second-order valence-corrected chi connectivity index (χ2v) is 15.1. The summed E-state index contributed by atoms with van der Waals surface area (Å²) in [7, 11) is 0. The molecule has 1 aliphatic heterocycles. The van der Waals surface area contributed by atoms with Crippen LogP contribution in [0, 0.1) is 35.5 Å². The monoisotopic (exact) mass is 648 g/mol. The molecule has 0 fully saturated rings. The van der Waals surface area contributed by atoms with E-state index in [0.29, 0.717) is 29.6 Å². The van der Waals surface area contributed by atoms with Gasteiger partial charge in [0, 0.05) is 51.7 Å². The van der Waals surface area contributed by atoms with Gasteiger partial charge in [0.25, 0.3) is 0 Å². The highest BCUT2D eigenvalue weighted by molar-refractivity contribution is 5.94. The van der Waals surface area contributed by atoms with E-state index in [9.17, 15) is 0 Å². The van der Waals surface area contributed by atoms with Crippen molar-refractivity contribution in [1.29, 1.82) is 0 Å². The smallest absolute Gasteiger partial charge is 0.0887 e. The van der Waals surface area contributed by atoms with Gasteiger partial charge in [-0.3, -0.25) is 0 Å². The van der Waals surface area contributed by atoms with Crippen LogP contribution in [0.4, 0.5) is 0 Å². The number of hydrogen-bond donors (Lipinski definition) is 0. The first-order valence-corrected chi connectivity index (χ1v) is 19.0. The van der Waals surface area contributed by atoms with E-state index in [1.54, 1.807) is 5.57 Å². The quantitative estimate of drug-likeness (QED) is 0.197. The molecule has 2 nitrogen and oxygen atoms in total. The molecule has 0 saturated heterocycles. The third kappa shape index (κ3) is 4.93. The van der Waals surface area contributed by atoms with Gasteiger partial charge in [0.15, 0.2) is 0 Å².